The molecule has 0 radical (unpaired) electrons. The lowest BCUT2D eigenvalue weighted by molar-refractivity contribution is -0.0164. The second-order valence-electron chi connectivity index (χ2n) is 5.86. The highest BCUT2D eigenvalue weighted by molar-refractivity contribution is 14.0. The minimum Gasteiger partial charge on any atom is -0.450 e. The zero-order chi connectivity index (χ0) is 16.7. The van der Waals surface area contributed by atoms with Gasteiger partial charge in [0.2, 0.25) is 0 Å². The van der Waals surface area contributed by atoms with Crippen LogP contribution in [0.4, 0.5) is 4.79 Å². The maximum Gasteiger partial charge on any atom is 0.409 e. The van der Waals surface area contributed by atoms with Crippen LogP contribution in [-0.2, 0) is 9.47 Å². The molecular weight excluding hydrogens is 425 g/mol. The Morgan fingerprint density at radius 1 is 1.25 bits per heavy atom. The normalized spacial score (nSPS) is 22.8. The number of guanidine groups is 1. The number of likely N-dealkylation sites (N-methyl/N-ethyl adjacent to an activating group) is 1. The Morgan fingerprint density at radius 2 is 1.92 bits per heavy atom. The highest BCUT2D eigenvalue weighted by Gasteiger charge is 2.24. The highest BCUT2D eigenvalue weighted by Crippen LogP contribution is 2.05. The lowest BCUT2D eigenvalue weighted by atomic mass is 10.3. The van der Waals surface area contributed by atoms with Crippen molar-refractivity contribution in [3.8, 4) is 0 Å². The molecule has 0 aromatic carbocycles. The molecule has 0 aromatic rings. The van der Waals surface area contributed by atoms with Crippen LogP contribution < -0.4 is 5.32 Å². The molecule has 140 valence electrons. The molecule has 1 unspecified atom stereocenters. The van der Waals surface area contributed by atoms with Crippen molar-refractivity contribution in [2.24, 2.45) is 4.99 Å². The van der Waals surface area contributed by atoms with Gasteiger partial charge in [0.05, 0.1) is 19.3 Å². The van der Waals surface area contributed by atoms with Crippen LogP contribution in [0.25, 0.3) is 0 Å². The van der Waals surface area contributed by atoms with Crippen LogP contribution in [0.15, 0.2) is 4.99 Å². The standard InChI is InChI=1S/C15H29N5O3.HI/c1-4-22-15(21)20-7-5-19(6-8-20)14(16-2)17-11-13-12-18(3)9-10-23-13;/h13H,4-12H2,1-3H3,(H,16,17);1H. The first kappa shape index (κ1) is 21.2. The first-order valence-corrected chi connectivity index (χ1v) is 8.31. The van der Waals surface area contributed by atoms with E-state index >= 15 is 0 Å². The molecule has 1 amide bonds. The first-order valence-electron chi connectivity index (χ1n) is 8.31. The molecule has 2 aliphatic rings. The van der Waals surface area contributed by atoms with Crippen LogP contribution in [0.5, 0.6) is 0 Å². The van der Waals surface area contributed by atoms with E-state index in [1.165, 1.54) is 0 Å². The number of ether oxygens (including phenoxy) is 2. The van der Waals surface area contributed by atoms with Crippen molar-refractivity contribution < 1.29 is 14.3 Å². The van der Waals surface area contributed by atoms with Crippen LogP contribution in [0.1, 0.15) is 6.92 Å². The van der Waals surface area contributed by atoms with Gasteiger partial charge in [-0.1, -0.05) is 0 Å². The fourth-order valence-corrected chi connectivity index (χ4v) is 2.84. The van der Waals surface area contributed by atoms with Gasteiger partial charge in [-0.3, -0.25) is 4.99 Å². The van der Waals surface area contributed by atoms with Gasteiger partial charge < -0.3 is 29.5 Å². The Kier molecular flexibility index (Phi) is 9.67. The summed E-state index contributed by atoms with van der Waals surface area (Å²) in [6, 6.07) is 0. The minimum atomic E-state index is -0.228. The average Bonchev–Trinajstić information content (AvgIpc) is 2.56. The van der Waals surface area contributed by atoms with Crippen LogP contribution in [-0.4, -0.2) is 106 Å². The number of amides is 1. The number of morpholine rings is 1. The van der Waals surface area contributed by atoms with Crippen molar-refractivity contribution >= 4 is 36.0 Å². The number of rotatable bonds is 3. The lowest BCUT2D eigenvalue weighted by Crippen LogP contribution is -2.55. The molecule has 0 saturated carbocycles. The molecule has 0 aromatic heterocycles. The predicted molar refractivity (Wildman–Crippen MR) is 104 cm³/mol. The summed E-state index contributed by atoms with van der Waals surface area (Å²) in [6.07, 6.45) is -0.0416. The topological polar surface area (TPSA) is 69.6 Å². The van der Waals surface area contributed by atoms with Gasteiger partial charge in [0.15, 0.2) is 5.96 Å². The summed E-state index contributed by atoms with van der Waals surface area (Å²) in [7, 11) is 3.90. The number of nitrogens with one attached hydrogen (secondary N) is 1. The van der Waals surface area contributed by atoms with E-state index in [1.54, 1.807) is 11.9 Å². The number of aliphatic imine (C=N–C) groups is 1. The molecule has 0 bridgehead atoms. The Bertz CT molecular complexity index is 416. The summed E-state index contributed by atoms with van der Waals surface area (Å²) < 4.78 is 10.8. The van der Waals surface area contributed by atoms with Crippen molar-refractivity contribution in [2.45, 2.75) is 13.0 Å². The fourth-order valence-electron chi connectivity index (χ4n) is 2.84. The molecule has 9 heteroatoms. The number of nitrogens with zero attached hydrogens (tertiary/aromatic N) is 4. The minimum absolute atomic E-state index is 0. The zero-order valence-electron chi connectivity index (χ0n) is 14.9. The van der Waals surface area contributed by atoms with Gasteiger partial charge in [-0.05, 0) is 14.0 Å². The fraction of sp³-hybridized carbons (Fsp3) is 0.867. The number of hydrogen-bond donors (Lipinski definition) is 1. The third kappa shape index (κ3) is 6.25. The monoisotopic (exact) mass is 455 g/mol. The van der Waals surface area contributed by atoms with E-state index in [4.69, 9.17) is 9.47 Å². The molecule has 2 saturated heterocycles. The van der Waals surface area contributed by atoms with Crippen LogP contribution in [0, 0.1) is 0 Å². The molecule has 24 heavy (non-hydrogen) atoms. The first-order chi connectivity index (χ1) is 11.1. The van der Waals surface area contributed by atoms with Crippen molar-refractivity contribution in [1.29, 1.82) is 0 Å². The van der Waals surface area contributed by atoms with Crippen LogP contribution >= 0.6 is 24.0 Å². The number of carbonyl (C=O) groups excluding carboxylic acids is 1. The van der Waals surface area contributed by atoms with E-state index in [0.717, 1.165) is 45.3 Å². The molecule has 0 spiro atoms. The third-order valence-corrected chi connectivity index (χ3v) is 4.15. The SMILES string of the molecule is CCOC(=O)N1CCN(C(=NC)NCC2CN(C)CCO2)CC1.I. The Labute approximate surface area is 161 Å². The smallest absolute Gasteiger partial charge is 0.409 e. The van der Waals surface area contributed by atoms with Crippen molar-refractivity contribution in [1.82, 2.24) is 20.0 Å². The molecule has 0 aliphatic carbocycles. The van der Waals surface area contributed by atoms with E-state index < -0.39 is 0 Å². The summed E-state index contributed by atoms with van der Waals surface area (Å²) in [6.45, 7) is 8.50. The zero-order valence-corrected chi connectivity index (χ0v) is 17.2. The van der Waals surface area contributed by atoms with Gasteiger partial charge in [0, 0.05) is 52.9 Å². The van der Waals surface area contributed by atoms with Crippen LogP contribution in [0.2, 0.25) is 0 Å². The van der Waals surface area contributed by atoms with E-state index in [0.29, 0.717) is 19.7 Å². The third-order valence-electron chi connectivity index (χ3n) is 4.15. The molecule has 8 nitrogen and oxygen atoms in total. The molecular formula is C15H30IN5O3. The highest BCUT2D eigenvalue weighted by atomic mass is 127. The summed E-state index contributed by atoms with van der Waals surface area (Å²) in [5, 5.41) is 3.39. The number of carbonyl (C=O) groups is 1. The van der Waals surface area contributed by atoms with E-state index in [2.05, 4.69) is 27.2 Å². The van der Waals surface area contributed by atoms with E-state index in [1.807, 2.05) is 6.92 Å². The lowest BCUT2D eigenvalue weighted by Gasteiger charge is -2.36. The van der Waals surface area contributed by atoms with Gasteiger partial charge in [-0.2, -0.15) is 0 Å². The van der Waals surface area contributed by atoms with Gasteiger partial charge in [0.25, 0.3) is 0 Å². The van der Waals surface area contributed by atoms with Crippen LogP contribution in [0.3, 0.4) is 0 Å². The maximum atomic E-state index is 11.7. The summed E-state index contributed by atoms with van der Waals surface area (Å²) in [5.41, 5.74) is 0. The number of hydrogen-bond acceptors (Lipinski definition) is 5. The van der Waals surface area contributed by atoms with Gasteiger partial charge >= 0.3 is 6.09 Å². The van der Waals surface area contributed by atoms with Crippen molar-refractivity contribution in [2.75, 3.05) is 73.1 Å². The Hall–Kier alpha value is -0.810. The van der Waals surface area contributed by atoms with Crippen molar-refractivity contribution in [3.05, 3.63) is 0 Å². The quantitative estimate of drug-likeness (QED) is 0.375. The predicted octanol–water partition coefficient (Wildman–Crippen LogP) is 0.285. The molecule has 1 atom stereocenters. The second-order valence-corrected chi connectivity index (χ2v) is 5.86. The molecule has 2 fully saturated rings. The molecule has 1 N–H and O–H groups in total. The molecule has 2 aliphatic heterocycles. The summed E-state index contributed by atoms with van der Waals surface area (Å²) >= 11 is 0. The summed E-state index contributed by atoms with van der Waals surface area (Å²) in [5.74, 6) is 0.866. The Morgan fingerprint density at radius 3 is 2.50 bits per heavy atom. The number of halogens is 1. The van der Waals surface area contributed by atoms with Gasteiger partial charge in [-0.15, -0.1) is 24.0 Å². The van der Waals surface area contributed by atoms with Crippen molar-refractivity contribution in [3.63, 3.8) is 0 Å². The Balaban J connectivity index is 0.00000288. The average molecular weight is 455 g/mol. The van der Waals surface area contributed by atoms with E-state index in [9.17, 15) is 4.79 Å². The summed E-state index contributed by atoms with van der Waals surface area (Å²) in [4.78, 5) is 22.3. The second kappa shape index (κ2) is 10.9. The number of piperazine rings is 1. The van der Waals surface area contributed by atoms with Gasteiger partial charge in [0.1, 0.15) is 0 Å². The van der Waals surface area contributed by atoms with E-state index in [-0.39, 0.29) is 36.2 Å². The molecule has 2 heterocycles. The van der Waals surface area contributed by atoms with Gasteiger partial charge in [-0.25, -0.2) is 4.79 Å². The largest absolute Gasteiger partial charge is 0.450 e. The molecule has 2 rings (SSSR count). The maximum absolute atomic E-state index is 11.7.